The fourth-order valence-corrected chi connectivity index (χ4v) is 2.87. The summed E-state index contributed by atoms with van der Waals surface area (Å²) >= 11 is 0. The van der Waals surface area contributed by atoms with E-state index in [2.05, 4.69) is 10.6 Å². The maximum Gasteiger partial charge on any atom is 0.265 e. The van der Waals surface area contributed by atoms with Crippen LogP contribution in [0.15, 0.2) is 72.8 Å². The Morgan fingerprint density at radius 2 is 0.906 bits per heavy atom. The minimum Gasteiger partial charge on any atom is -0.481 e. The van der Waals surface area contributed by atoms with Crippen LogP contribution < -0.4 is 20.1 Å². The van der Waals surface area contributed by atoms with Gasteiger partial charge in [-0.1, -0.05) is 35.4 Å². The van der Waals surface area contributed by atoms with Crippen LogP contribution in [0.4, 0.5) is 11.4 Å². The van der Waals surface area contributed by atoms with Crippen LogP contribution in [0.2, 0.25) is 0 Å². The Bertz CT molecular complexity index is 958. The Hall–Kier alpha value is -3.80. The number of hydrogen-bond acceptors (Lipinski definition) is 4. The van der Waals surface area contributed by atoms with Gasteiger partial charge in [-0.25, -0.2) is 0 Å². The second-order valence-electron chi connectivity index (χ2n) is 7.70. The Kier molecular flexibility index (Phi) is 7.49. The zero-order valence-corrected chi connectivity index (χ0v) is 18.7. The maximum absolute atomic E-state index is 12.4. The molecule has 0 saturated heterocycles. The zero-order valence-electron chi connectivity index (χ0n) is 18.7. The fourth-order valence-electron chi connectivity index (χ4n) is 2.87. The van der Waals surface area contributed by atoms with E-state index in [0.29, 0.717) is 22.9 Å². The topological polar surface area (TPSA) is 76.7 Å². The van der Waals surface area contributed by atoms with Crippen molar-refractivity contribution in [2.24, 2.45) is 0 Å². The monoisotopic (exact) mass is 432 g/mol. The van der Waals surface area contributed by atoms with Crippen molar-refractivity contribution in [1.29, 1.82) is 0 Å². The number of benzene rings is 3. The maximum atomic E-state index is 12.4. The number of rotatable bonds is 8. The quantitative estimate of drug-likeness (QED) is 0.518. The van der Waals surface area contributed by atoms with Gasteiger partial charge in [0.05, 0.1) is 0 Å². The summed E-state index contributed by atoms with van der Waals surface area (Å²) in [4.78, 5) is 24.8. The minimum atomic E-state index is -0.656. The zero-order chi connectivity index (χ0) is 23.1. The molecule has 0 unspecified atom stereocenters. The lowest BCUT2D eigenvalue weighted by atomic mass is 10.2. The van der Waals surface area contributed by atoms with E-state index in [-0.39, 0.29) is 11.8 Å². The molecule has 3 aromatic rings. The molecule has 2 N–H and O–H groups in total. The second-order valence-corrected chi connectivity index (χ2v) is 7.70. The molecule has 3 aromatic carbocycles. The molecule has 2 atom stereocenters. The number of nitrogens with one attached hydrogen (secondary N) is 2. The predicted molar refractivity (Wildman–Crippen MR) is 126 cm³/mol. The largest absolute Gasteiger partial charge is 0.481 e. The number of carbonyl (C=O) groups excluding carboxylic acids is 2. The molecule has 0 heterocycles. The standard InChI is InChI=1S/C26H28N2O4/c1-17-5-13-23(14-6-17)31-19(3)25(29)27-21-9-11-22(12-10-21)28-26(30)20(4)32-24-15-7-18(2)8-16-24/h5-16,19-20H,1-4H3,(H,27,29)(H,28,30)/t19-,20-/m0/s1. The molecule has 6 heteroatoms. The highest BCUT2D eigenvalue weighted by Gasteiger charge is 2.16. The average Bonchev–Trinajstić information content (AvgIpc) is 2.78. The van der Waals surface area contributed by atoms with Crippen LogP contribution in [-0.2, 0) is 9.59 Å². The molecule has 3 rings (SSSR count). The number of anilines is 2. The molecule has 32 heavy (non-hydrogen) atoms. The van der Waals surface area contributed by atoms with Crippen molar-refractivity contribution in [3.05, 3.63) is 83.9 Å². The van der Waals surface area contributed by atoms with Crippen LogP contribution >= 0.6 is 0 Å². The van der Waals surface area contributed by atoms with Crippen molar-refractivity contribution < 1.29 is 19.1 Å². The highest BCUT2D eigenvalue weighted by atomic mass is 16.5. The van der Waals surface area contributed by atoms with Gasteiger partial charge in [-0.2, -0.15) is 0 Å². The molecular formula is C26H28N2O4. The highest BCUT2D eigenvalue weighted by Crippen LogP contribution is 2.18. The van der Waals surface area contributed by atoms with Crippen LogP contribution in [0.3, 0.4) is 0 Å². The molecule has 0 aliphatic rings. The molecule has 0 spiro atoms. The molecule has 0 aromatic heterocycles. The summed E-state index contributed by atoms with van der Waals surface area (Å²) in [5.74, 6) is 0.751. The highest BCUT2D eigenvalue weighted by molar-refractivity contribution is 5.96. The third-order valence-corrected chi connectivity index (χ3v) is 4.83. The van der Waals surface area contributed by atoms with E-state index in [1.54, 1.807) is 38.1 Å². The lowest BCUT2D eigenvalue weighted by Gasteiger charge is -2.16. The molecule has 0 saturated carbocycles. The van der Waals surface area contributed by atoms with Crippen molar-refractivity contribution in [2.75, 3.05) is 10.6 Å². The first-order valence-corrected chi connectivity index (χ1v) is 10.5. The molecule has 0 aliphatic heterocycles. The van der Waals surface area contributed by atoms with Crippen molar-refractivity contribution in [1.82, 2.24) is 0 Å². The predicted octanol–water partition coefficient (Wildman–Crippen LogP) is 5.12. The van der Waals surface area contributed by atoms with Crippen LogP contribution in [-0.4, -0.2) is 24.0 Å². The lowest BCUT2D eigenvalue weighted by Crippen LogP contribution is -2.30. The summed E-state index contributed by atoms with van der Waals surface area (Å²) in [6.45, 7) is 7.37. The molecule has 0 fully saturated rings. The van der Waals surface area contributed by atoms with Crippen molar-refractivity contribution in [2.45, 2.75) is 39.9 Å². The van der Waals surface area contributed by atoms with Gasteiger partial charge in [0.25, 0.3) is 11.8 Å². The number of aryl methyl sites for hydroxylation is 2. The fraction of sp³-hybridized carbons (Fsp3) is 0.231. The van der Waals surface area contributed by atoms with Gasteiger partial charge in [-0.3, -0.25) is 9.59 Å². The smallest absolute Gasteiger partial charge is 0.265 e. The molecule has 0 radical (unpaired) electrons. The Labute approximate surface area is 188 Å². The number of hydrogen-bond donors (Lipinski definition) is 2. The lowest BCUT2D eigenvalue weighted by molar-refractivity contribution is -0.122. The van der Waals surface area contributed by atoms with Crippen molar-refractivity contribution >= 4 is 23.2 Å². The first-order chi connectivity index (χ1) is 15.3. The molecular weight excluding hydrogens is 404 g/mol. The van der Waals surface area contributed by atoms with E-state index in [0.717, 1.165) is 11.1 Å². The second kappa shape index (κ2) is 10.5. The third-order valence-electron chi connectivity index (χ3n) is 4.83. The minimum absolute atomic E-state index is 0.262. The number of amides is 2. The van der Waals surface area contributed by atoms with Crippen LogP contribution in [0, 0.1) is 13.8 Å². The molecule has 2 amide bonds. The van der Waals surface area contributed by atoms with Crippen molar-refractivity contribution in [3.63, 3.8) is 0 Å². The Morgan fingerprint density at radius 1 is 0.594 bits per heavy atom. The Morgan fingerprint density at radius 3 is 1.22 bits per heavy atom. The molecule has 0 aliphatic carbocycles. The van der Waals surface area contributed by atoms with Gasteiger partial charge >= 0.3 is 0 Å². The van der Waals surface area contributed by atoms with Crippen molar-refractivity contribution in [3.8, 4) is 11.5 Å². The number of ether oxygens (including phenoxy) is 2. The van der Waals surface area contributed by atoms with Gasteiger partial charge in [-0.15, -0.1) is 0 Å². The van der Waals surface area contributed by atoms with Gasteiger partial charge in [-0.05, 0) is 76.2 Å². The van der Waals surface area contributed by atoms with Gasteiger partial charge in [0.1, 0.15) is 11.5 Å². The molecule has 0 bridgehead atoms. The van der Waals surface area contributed by atoms with E-state index in [1.807, 2.05) is 62.4 Å². The number of carbonyl (C=O) groups is 2. The van der Waals surface area contributed by atoms with E-state index < -0.39 is 12.2 Å². The normalized spacial score (nSPS) is 12.4. The first-order valence-electron chi connectivity index (χ1n) is 10.5. The van der Waals surface area contributed by atoms with Gasteiger partial charge in [0.2, 0.25) is 0 Å². The van der Waals surface area contributed by atoms with E-state index >= 15 is 0 Å². The van der Waals surface area contributed by atoms with E-state index in [9.17, 15) is 9.59 Å². The Balaban J connectivity index is 1.50. The summed E-state index contributed by atoms with van der Waals surface area (Å²) in [5.41, 5.74) is 3.46. The SMILES string of the molecule is Cc1ccc(O[C@@H](C)C(=O)Nc2ccc(NC(=O)[C@H](C)Oc3ccc(C)cc3)cc2)cc1. The summed E-state index contributed by atoms with van der Waals surface area (Å²) in [7, 11) is 0. The van der Waals surface area contributed by atoms with E-state index in [4.69, 9.17) is 9.47 Å². The average molecular weight is 433 g/mol. The van der Waals surface area contributed by atoms with Crippen LogP contribution in [0.25, 0.3) is 0 Å². The van der Waals surface area contributed by atoms with Crippen LogP contribution in [0.1, 0.15) is 25.0 Å². The summed E-state index contributed by atoms with van der Waals surface area (Å²) in [5, 5.41) is 5.62. The first kappa shape index (κ1) is 22.9. The van der Waals surface area contributed by atoms with Gasteiger partial charge in [0.15, 0.2) is 12.2 Å². The van der Waals surface area contributed by atoms with E-state index in [1.165, 1.54) is 0 Å². The molecule has 166 valence electrons. The van der Waals surface area contributed by atoms with Gasteiger partial charge in [0, 0.05) is 11.4 Å². The van der Waals surface area contributed by atoms with Crippen LogP contribution in [0.5, 0.6) is 11.5 Å². The molecule has 6 nitrogen and oxygen atoms in total. The summed E-state index contributed by atoms with van der Waals surface area (Å²) in [6, 6.07) is 21.9. The summed E-state index contributed by atoms with van der Waals surface area (Å²) in [6.07, 6.45) is -1.31. The third kappa shape index (κ3) is 6.60. The van der Waals surface area contributed by atoms with Gasteiger partial charge < -0.3 is 20.1 Å². The summed E-state index contributed by atoms with van der Waals surface area (Å²) < 4.78 is 11.4.